The number of hydrogen-bond donors (Lipinski definition) is 1. The van der Waals surface area contributed by atoms with Gasteiger partial charge in [-0.3, -0.25) is 9.88 Å². The number of benzene rings is 2. The van der Waals surface area contributed by atoms with Crippen LogP contribution in [0.3, 0.4) is 0 Å². The molecule has 1 saturated heterocycles. The summed E-state index contributed by atoms with van der Waals surface area (Å²) in [4.78, 5) is 8.60. The van der Waals surface area contributed by atoms with Gasteiger partial charge in [-0.25, -0.2) is 13.1 Å². The van der Waals surface area contributed by atoms with Gasteiger partial charge < -0.3 is 4.90 Å². The molecule has 3 aromatic rings. The molecule has 0 saturated carbocycles. The molecule has 2 aromatic carbocycles. The first-order valence-corrected chi connectivity index (χ1v) is 12.5. The zero-order chi connectivity index (χ0) is 24.3. The topological polar surface area (TPSA) is 65.5 Å². The molecule has 2 heterocycles. The Morgan fingerprint density at radius 3 is 2.41 bits per heavy atom. The van der Waals surface area contributed by atoms with Gasteiger partial charge in [0.25, 0.3) is 0 Å². The molecular formula is C24H27F3N4O2S. The number of nitrogens with one attached hydrogen (secondary N) is 1. The van der Waals surface area contributed by atoms with Crippen molar-refractivity contribution in [3.8, 4) is 0 Å². The van der Waals surface area contributed by atoms with Gasteiger partial charge in [0.05, 0.1) is 10.5 Å². The molecule has 1 atom stereocenters. The highest BCUT2D eigenvalue weighted by Crippen LogP contribution is 2.29. The summed E-state index contributed by atoms with van der Waals surface area (Å²) in [5.41, 5.74) is -0.0891. The molecule has 10 heteroatoms. The summed E-state index contributed by atoms with van der Waals surface area (Å²) >= 11 is 0. The molecule has 0 unspecified atom stereocenters. The zero-order valence-electron chi connectivity index (χ0n) is 18.8. The average molecular weight is 493 g/mol. The van der Waals surface area contributed by atoms with E-state index in [4.69, 9.17) is 0 Å². The third-order valence-electron chi connectivity index (χ3n) is 6.09. The van der Waals surface area contributed by atoms with Crippen LogP contribution in [0.25, 0.3) is 10.8 Å². The lowest BCUT2D eigenvalue weighted by Crippen LogP contribution is -2.51. The summed E-state index contributed by atoms with van der Waals surface area (Å²) in [5.74, 6) is 0. The van der Waals surface area contributed by atoms with E-state index in [9.17, 15) is 21.6 Å². The van der Waals surface area contributed by atoms with Crippen LogP contribution in [-0.2, 0) is 22.6 Å². The van der Waals surface area contributed by atoms with Gasteiger partial charge in [-0.1, -0.05) is 24.3 Å². The van der Waals surface area contributed by atoms with E-state index in [1.807, 2.05) is 7.05 Å². The molecule has 0 aliphatic carbocycles. The van der Waals surface area contributed by atoms with Gasteiger partial charge in [0.2, 0.25) is 10.0 Å². The molecule has 0 amide bonds. The van der Waals surface area contributed by atoms with E-state index in [0.29, 0.717) is 22.9 Å². The highest BCUT2D eigenvalue weighted by atomic mass is 32.2. The highest BCUT2D eigenvalue weighted by Gasteiger charge is 2.30. The lowest BCUT2D eigenvalue weighted by Gasteiger charge is -2.35. The molecule has 4 rings (SSSR count). The number of alkyl halides is 3. The normalized spacial score (nSPS) is 17.2. The van der Waals surface area contributed by atoms with Crippen LogP contribution in [-0.4, -0.2) is 69.0 Å². The molecule has 0 radical (unpaired) electrons. The minimum Gasteiger partial charge on any atom is -0.304 e. The molecule has 182 valence electrons. The number of sulfonamides is 1. The average Bonchev–Trinajstić information content (AvgIpc) is 2.79. The highest BCUT2D eigenvalue weighted by molar-refractivity contribution is 7.89. The van der Waals surface area contributed by atoms with E-state index in [2.05, 4.69) is 19.5 Å². The molecule has 0 bridgehead atoms. The molecule has 1 N–H and O–H groups in total. The van der Waals surface area contributed by atoms with Crippen LogP contribution < -0.4 is 4.72 Å². The van der Waals surface area contributed by atoms with Crippen molar-refractivity contribution in [3.05, 3.63) is 72.1 Å². The standard InChI is InChI=1S/C24H27F3N4O2S/c1-30-11-13-31(14-12-30)17-21(15-18-5-7-20(8-6-18)24(25,26)27)29-34(32,33)23-4-2-3-19-16-28-10-9-22(19)23/h2-10,16,21,29H,11-15,17H2,1H3/t21-/m1/s1. The second-order valence-corrected chi connectivity index (χ2v) is 10.4. The van der Waals surface area contributed by atoms with Gasteiger partial charge in [0.15, 0.2) is 0 Å². The molecule has 34 heavy (non-hydrogen) atoms. The molecule has 1 aliphatic rings. The number of hydrogen-bond acceptors (Lipinski definition) is 5. The summed E-state index contributed by atoms with van der Waals surface area (Å²) in [5, 5.41) is 1.28. The first kappa shape index (κ1) is 24.6. The smallest absolute Gasteiger partial charge is 0.304 e. The van der Waals surface area contributed by atoms with Gasteiger partial charge >= 0.3 is 6.18 Å². The fourth-order valence-electron chi connectivity index (χ4n) is 4.21. The van der Waals surface area contributed by atoms with Crippen molar-refractivity contribution in [2.45, 2.75) is 23.5 Å². The van der Waals surface area contributed by atoms with Crippen LogP contribution in [0.4, 0.5) is 13.2 Å². The Balaban J connectivity index is 1.59. The SMILES string of the molecule is CN1CCN(C[C@@H](Cc2ccc(C(F)(F)F)cc2)NS(=O)(=O)c2cccc3cnccc23)CC1. The van der Waals surface area contributed by atoms with E-state index in [0.717, 1.165) is 38.3 Å². The van der Waals surface area contributed by atoms with E-state index in [-0.39, 0.29) is 11.3 Å². The van der Waals surface area contributed by atoms with Crippen LogP contribution in [0.1, 0.15) is 11.1 Å². The fraction of sp³-hybridized carbons (Fsp3) is 0.375. The van der Waals surface area contributed by atoms with Crippen LogP contribution >= 0.6 is 0 Å². The van der Waals surface area contributed by atoms with Crippen LogP contribution in [0, 0.1) is 0 Å². The minimum absolute atomic E-state index is 0.156. The predicted octanol–water partition coefficient (Wildman–Crippen LogP) is 3.39. The first-order chi connectivity index (χ1) is 16.1. The Bertz CT molecular complexity index is 1220. The van der Waals surface area contributed by atoms with Gasteiger partial charge in [-0.15, -0.1) is 0 Å². The number of halogens is 3. The maximum atomic E-state index is 13.4. The predicted molar refractivity (Wildman–Crippen MR) is 125 cm³/mol. The second-order valence-electron chi connectivity index (χ2n) is 8.67. The number of rotatable bonds is 7. The lowest BCUT2D eigenvalue weighted by atomic mass is 10.0. The summed E-state index contributed by atoms with van der Waals surface area (Å²) in [6, 6.07) is 11.1. The Hall–Kier alpha value is -2.53. The van der Waals surface area contributed by atoms with Gasteiger partial charge in [0, 0.05) is 61.9 Å². The van der Waals surface area contributed by atoms with E-state index < -0.39 is 27.8 Å². The van der Waals surface area contributed by atoms with E-state index >= 15 is 0 Å². The fourth-order valence-corrected chi connectivity index (χ4v) is 5.67. The number of likely N-dealkylation sites (N-methyl/N-ethyl adjacent to an activating group) is 1. The van der Waals surface area contributed by atoms with Crippen molar-refractivity contribution >= 4 is 20.8 Å². The Kier molecular flexibility index (Phi) is 7.22. The van der Waals surface area contributed by atoms with Crippen LogP contribution in [0.5, 0.6) is 0 Å². The summed E-state index contributed by atoms with van der Waals surface area (Å²) < 4.78 is 68.5. The Morgan fingerprint density at radius 1 is 1.03 bits per heavy atom. The van der Waals surface area contributed by atoms with Crippen molar-refractivity contribution in [3.63, 3.8) is 0 Å². The van der Waals surface area contributed by atoms with Gasteiger partial charge in [-0.2, -0.15) is 13.2 Å². The second kappa shape index (κ2) is 9.99. The maximum absolute atomic E-state index is 13.4. The number of nitrogens with zero attached hydrogens (tertiary/aromatic N) is 3. The number of aromatic nitrogens is 1. The molecular weight excluding hydrogens is 465 g/mol. The van der Waals surface area contributed by atoms with Crippen molar-refractivity contribution in [1.29, 1.82) is 0 Å². The molecule has 6 nitrogen and oxygen atoms in total. The third-order valence-corrected chi connectivity index (χ3v) is 7.67. The van der Waals surface area contributed by atoms with Crippen molar-refractivity contribution in [1.82, 2.24) is 19.5 Å². The number of fused-ring (bicyclic) bond motifs is 1. The zero-order valence-corrected chi connectivity index (χ0v) is 19.6. The van der Waals surface area contributed by atoms with Gasteiger partial charge in [-0.05, 0) is 43.3 Å². The van der Waals surface area contributed by atoms with Crippen LogP contribution in [0.15, 0.2) is 65.8 Å². The van der Waals surface area contributed by atoms with Gasteiger partial charge in [0.1, 0.15) is 0 Å². The van der Waals surface area contributed by atoms with Crippen molar-refractivity contribution < 1.29 is 21.6 Å². The summed E-state index contributed by atoms with van der Waals surface area (Å²) in [7, 11) is -1.86. The monoisotopic (exact) mass is 492 g/mol. The number of pyridine rings is 1. The third kappa shape index (κ3) is 5.93. The molecule has 1 aromatic heterocycles. The van der Waals surface area contributed by atoms with Crippen molar-refractivity contribution in [2.24, 2.45) is 0 Å². The molecule has 1 aliphatic heterocycles. The lowest BCUT2D eigenvalue weighted by molar-refractivity contribution is -0.137. The summed E-state index contributed by atoms with van der Waals surface area (Å²) in [6.07, 6.45) is -0.984. The van der Waals surface area contributed by atoms with Crippen molar-refractivity contribution in [2.75, 3.05) is 39.8 Å². The molecule has 0 spiro atoms. The minimum atomic E-state index is -4.41. The largest absolute Gasteiger partial charge is 0.416 e. The van der Waals surface area contributed by atoms with Crippen LogP contribution in [0.2, 0.25) is 0 Å². The first-order valence-electron chi connectivity index (χ1n) is 11.0. The molecule has 1 fully saturated rings. The Morgan fingerprint density at radius 2 is 1.74 bits per heavy atom. The number of piperazine rings is 1. The Labute approximate surface area is 197 Å². The quantitative estimate of drug-likeness (QED) is 0.548. The van der Waals surface area contributed by atoms with E-state index in [1.54, 1.807) is 36.7 Å². The van der Waals surface area contributed by atoms with E-state index in [1.165, 1.54) is 12.1 Å². The summed E-state index contributed by atoms with van der Waals surface area (Å²) in [6.45, 7) is 3.79. The maximum Gasteiger partial charge on any atom is 0.416 e.